The summed E-state index contributed by atoms with van der Waals surface area (Å²) in [6.07, 6.45) is 0.363. The van der Waals surface area contributed by atoms with Gasteiger partial charge in [0.1, 0.15) is 5.75 Å². The Kier molecular flexibility index (Phi) is 7.08. The number of hydrogen-bond donors (Lipinski definition) is 2. The van der Waals surface area contributed by atoms with Crippen LogP contribution in [0.25, 0.3) is 0 Å². The van der Waals surface area contributed by atoms with Crippen LogP contribution in [-0.2, 0) is 4.79 Å². The van der Waals surface area contributed by atoms with Crippen molar-refractivity contribution in [3.63, 3.8) is 0 Å². The molecule has 0 atom stereocenters. The maximum Gasteiger partial charge on any atom is 0.224 e. The lowest BCUT2D eigenvalue weighted by molar-refractivity contribution is -0.130. The zero-order valence-corrected chi connectivity index (χ0v) is 12.9. The van der Waals surface area contributed by atoms with Crippen molar-refractivity contribution in [1.82, 2.24) is 4.90 Å². The molecular weight excluding hydrogens is 268 g/mol. The van der Waals surface area contributed by atoms with Gasteiger partial charge in [-0.25, -0.2) is 0 Å². The lowest BCUT2D eigenvalue weighted by Gasteiger charge is -2.17. The summed E-state index contributed by atoms with van der Waals surface area (Å²) in [5.41, 5.74) is 6.59. The molecule has 1 rings (SSSR count). The summed E-state index contributed by atoms with van der Waals surface area (Å²) in [5, 5.41) is 2.97. The van der Waals surface area contributed by atoms with Crippen LogP contribution in [0.2, 0.25) is 0 Å². The molecule has 0 spiro atoms. The highest BCUT2D eigenvalue weighted by molar-refractivity contribution is 5.92. The molecular formula is C15H24N4O2. The molecule has 1 aromatic carbocycles. The second kappa shape index (κ2) is 8.84. The van der Waals surface area contributed by atoms with Gasteiger partial charge in [0.25, 0.3) is 0 Å². The van der Waals surface area contributed by atoms with Crippen LogP contribution in [0.15, 0.2) is 29.3 Å². The maximum atomic E-state index is 11.8. The SMILES string of the molecule is CCN(CC)C(=O)CCN=C(N)Nc1cccc(OC)c1. The Bertz CT molecular complexity index is 484. The van der Waals surface area contributed by atoms with E-state index < -0.39 is 0 Å². The molecule has 0 aliphatic heterocycles. The topological polar surface area (TPSA) is 80.0 Å². The summed E-state index contributed by atoms with van der Waals surface area (Å²) in [6, 6.07) is 7.40. The molecule has 6 heteroatoms. The molecule has 0 aromatic heterocycles. The van der Waals surface area contributed by atoms with Gasteiger partial charge < -0.3 is 20.7 Å². The highest BCUT2D eigenvalue weighted by Gasteiger charge is 2.08. The predicted octanol–water partition coefficient (Wildman–Crippen LogP) is 1.68. The fourth-order valence-electron chi connectivity index (χ4n) is 1.89. The largest absolute Gasteiger partial charge is 0.497 e. The quantitative estimate of drug-likeness (QED) is 0.592. The number of benzene rings is 1. The van der Waals surface area contributed by atoms with Crippen molar-refractivity contribution in [1.29, 1.82) is 0 Å². The molecule has 0 fully saturated rings. The van der Waals surface area contributed by atoms with E-state index in [2.05, 4.69) is 10.3 Å². The van der Waals surface area contributed by atoms with E-state index in [1.54, 1.807) is 12.0 Å². The zero-order chi connectivity index (χ0) is 15.7. The van der Waals surface area contributed by atoms with Crippen LogP contribution in [0.4, 0.5) is 5.69 Å². The van der Waals surface area contributed by atoms with E-state index in [4.69, 9.17) is 10.5 Å². The van der Waals surface area contributed by atoms with E-state index in [0.717, 1.165) is 24.5 Å². The van der Waals surface area contributed by atoms with Crippen molar-refractivity contribution in [3.05, 3.63) is 24.3 Å². The number of carbonyl (C=O) groups excluding carboxylic acids is 1. The number of aliphatic imine (C=N–C) groups is 1. The number of carbonyl (C=O) groups is 1. The summed E-state index contributed by atoms with van der Waals surface area (Å²) >= 11 is 0. The Balaban J connectivity index is 2.47. The molecule has 1 amide bonds. The fraction of sp³-hybridized carbons (Fsp3) is 0.467. The molecule has 0 radical (unpaired) electrons. The molecule has 6 nitrogen and oxygen atoms in total. The normalized spacial score (nSPS) is 11.1. The molecule has 21 heavy (non-hydrogen) atoms. The van der Waals surface area contributed by atoms with Gasteiger partial charge in [-0.3, -0.25) is 9.79 Å². The van der Waals surface area contributed by atoms with E-state index in [0.29, 0.717) is 13.0 Å². The van der Waals surface area contributed by atoms with Crippen molar-refractivity contribution in [3.8, 4) is 5.75 Å². The minimum Gasteiger partial charge on any atom is -0.497 e. The fourth-order valence-corrected chi connectivity index (χ4v) is 1.89. The van der Waals surface area contributed by atoms with Crippen LogP contribution in [0, 0.1) is 0 Å². The minimum absolute atomic E-state index is 0.0953. The second-order valence-electron chi connectivity index (χ2n) is 4.44. The number of ether oxygens (including phenoxy) is 1. The van der Waals surface area contributed by atoms with Crippen molar-refractivity contribution in [2.75, 3.05) is 32.1 Å². The Morgan fingerprint density at radius 2 is 2.10 bits per heavy atom. The number of guanidine groups is 1. The summed E-state index contributed by atoms with van der Waals surface area (Å²) in [4.78, 5) is 17.7. The van der Waals surface area contributed by atoms with Crippen LogP contribution in [0.1, 0.15) is 20.3 Å². The molecule has 116 valence electrons. The summed E-state index contributed by atoms with van der Waals surface area (Å²) < 4.78 is 5.13. The maximum absolute atomic E-state index is 11.8. The van der Waals surface area contributed by atoms with Crippen LogP contribution in [0.5, 0.6) is 5.75 Å². The van der Waals surface area contributed by atoms with Gasteiger partial charge in [0.15, 0.2) is 5.96 Å². The molecule has 0 aliphatic rings. The van der Waals surface area contributed by atoms with Crippen LogP contribution < -0.4 is 15.8 Å². The minimum atomic E-state index is 0.0953. The van der Waals surface area contributed by atoms with Gasteiger partial charge >= 0.3 is 0 Å². The lowest BCUT2D eigenvalue weighted by atomic mass is 10.3. The lowest BCUT2D eigenvalue weighted by Crippen LogP contribution is -2.31. The second-order valence-corrected chi connectivity index (χ2v) is 4.44. The number of nitrogens with one attached hydrogen (secondary N) is 1. The number of nitrogens with zero attached hydrogens (tertiary/aromatic N) is 2. The van der Waals surface area contributed by atoms with Gasteiger partial charge in [0.2, 0.25) is 5.91 Å². The molecule has 0 saturated heterocycles. The third kappa shape index (κ3) is 5.72. The highest BCUT2D eigenvalue weighted by atomic mass is 16.5. The van der Waals surface area contributed by atoms with Crippen molar-refractivity contribution in [2.24, 2.45) is 10.7 Å². The first-order valence-corrected chi connectivity index (χ1v) is 7.09. The highest BCUT2D eigenvalue weighted by Crippen LogP contribution is 2.16. The molecule has 0 aliphatic carbocycles. The third-order valence-corrected chi connectivity index (χ3v) is 3.07. The third-order valence-electron chi connectivity index (χ3n) is 3.07. The molecule has 0 saturated carbocycles. The van der Waals surface area contributed by atoms with Gasteiger partial charge in [-0.1, -0.05) is 6.07 Å². The van der Waals surface area contributed by atoms with Crippen LogP contribution >= 0.6 is 0 Å². The standard InChI is InChI=1S/C15H24N4O2/c1-4-19(5-2)14(20)9-10-17-15(16)18-12-7-6-8-13(11-12)21-3/h6-8,11H,4-5,9-10H2,1-3H3,(H3,16,17,18). The Hall–Kier alpha value is -2.24. The van der Waals surface area contributed by atoms with E-state index in [1.807, 2.05) is 38.1 Å². The molecule has 0 bridgehead atoms. The number of nitrogens with two attached hydrogens (primary N) is 1. The number of rotatable bonds is 7. The Labute approximate surface area is 126 Å². The van der Waals surface area contributed by atoms with Crippen LogP contribution in [-0.4, -0.2) is 43.5 Å². The first-order valence-electron chi connectivity index (χ1n) is 7.09. The predicted molar refractivity (Wildman–Crippen MR) is 85.7 cm³/mol. The average Bonchev–Trinajstić information content (AvgIpc) is 2.48. The number of anilines is 1. The first-order chi connectivity index (χ1) is 10.1. The number of amides is 1. The summed E-state index contributed by atoms with van der Waals surface area (Å²) in [5.74, 6) is 1.12. The number of hydrogen-bond acceptors (Lipinski definition) is 3. The zero-order valence-electron chi connectivity index (χ0n) is 12.9. The average molecular weight is 292 g/mol. The van der Waals surface area contributed by atoms with Gasteiger partial charge in [0.05, 0.1) is 13.7 Å². The Morgan fingerprint density at radius 3 is 2.71 bits per heavy atom. The molecule has 0 heterocycles. The van der Waals surface area contributed by atoms with Crippen molar-refractivity contribution >= 4 is 17.6 Å². The molecule has 3 N–H and O–H groups in total. The van der Waals surface area contributed by atoms with Crippen LogP contribution in [0.3, 0.4) is 0 Å². The summed E-state index contributed by atoms with van der Waals surface area (Å²) in [6.45, 7) is 5.73. The molecule has 1 aromatic rings. The van der Waals surface area contributed by atoms with E-state index in [-0.39, 0.29) is 11.9 Å². The van der Waals surface area contributed by atoms with Gasteiger partial charge in [0, 0.05) is 31.3 Å². The number of methoxy groups -OCH3 is 1. The smallest absolute Gasteiger partial charge is 0.224 e. The first kappa shape index (κ1) is 16.8. The Morgan fingerprint density at radius 1 is 1.38 bits per heavy atom. The molecule has 0 unspecified atom stereocenters. The summed E-state index contributed by atoms with van der Waals surface area (Å²) in [7, 11) is 1.61. The van der Waals surface area contributed by atoms with Gasteiger partial charge in [-0.05, 0) is 26.0 Å². The van der Waals surface area contributed by atoms with E-state index >= 15 is 0 Å². The van der Waals surface area contributed by atoms with Gasteiger partial charge in [-0.2, -0.15) is 0 Å². The van der Waals surface area contributed by atoms with Crippen molar-refractivity contribution < 1.29 is 9.53 Å². The van der Waals surface area contributed by atoms with E-state index in [9.17, 15) is 4.79 Å². The van der Waals surface area contributed by atoms with Gasteiger partial charge in [-0.15, -0.1) is 0 Å². The van der Waals surface area contributed by atoms with Crippen molar-refractivity contribution in [2.45, 2.75) is 20.3 Å². The van der Waals surface area contributed by atoms with E-state index in [1.165, 1.54) is 0 Å². The monoisotopic (exact) mass is 292 g/mol.